The fourth-order valence-corrected chi connectivity index (χ4v) is 2.92. The number of likely N-dealkylation sites (tertiary alicyclic amines) is 1. The van der Waals surface area contributed by atoms with Gasteiger partial charge in [-0.25, -0.2) is 4.79 Å². The lowest BCUT2D eigenvalue weighted by Gasteiger charge is -2.37. The highest BCUT2D eigenvalue weighted by Gasteiger charge is 2.41. The van der Waals surface area contributed by atoms with Crippen LogP contribution in [0.3, 0.4) is 0 Å². The normalized spacial score (nSPS) is 22.4. The van der Waals surface area contributed by atoms with Gasteiger partial charge in [-0.05, 0) is 30.7 Å². The van der Waals surface area contributed by atoms with Crippen molar-refractivity contribution in [1.82, 2.24) is 14.7 Å². The lowest BCUT2D eigenvalue weighted by Crippen LogP contribution is -2.43. The number of carbonyl (C=O) groups is 1. The first-order valence-corrected chi connectivity index (χ1v) is 5.67. The summed E-state index contributed by atoms with van der Waals surface area (Å²) >= 11 is 0. The molecule has 5 heteroatoms. The number of hydrogen-bond donors (Lipinski definition) is 1. The van der Waals surface area contributed by atoms with Crippen molar-refractivity contribution in [2.24, 2.45) is 5.41 Å². The summed E-state index contributed by atoms with van der Waals surface area (Å²) in [7, 11) is 0. The van der Waals surface area contributed by atoms with Crippen LogP contribution in [0.1, 0.15) is 18.5 Å². The Kier molecular flexibility index (Phi) is 1.96. The van der Waals surface area contributed by atoms with Gasteiger partial charge >= 0.3 is 6.09 Å². The molecule has 86 valence electrons. The predicted molar refractivity (Wildman–Crippen MR) is 57.2 cm³/mol. The van der Waals surface area contributed by atoms with Crippen molar-refractivity contribution in [1.29, 1.82) is 0 Å². The predicted octanol–water partition coefficient (Wildman–Crippen LogP) is 1.20. The highest BCUT2D eigenvalue weighted by molar-refractivity contribution is 5.65. The standard InChI is InChI=1S/C11H15N3O2/c15-10(16)13-5-2-11(3-6-13)7-9-1-4-12-14(9)8-11/h1,4H,2-3,5-8H2,(H,15,16). The minimum atomic E-state index is -0.786. The molecule has 0 saturated carbocycles. The smallest absolute Gasteiger partial charge is 0.407 e. The van der Waals surface area contributed by atoms with E-state index in [-0.39, 0.29) is 5.41 Å². The van der Waals surface area contributed by atoms with E-state index in [0.29, 0.717) is 13.1 Å². The zero-order valence-electron chi connectivity index (χ0n) is 9.09. The summed E-state index contributed by atoms with van der Waals surface area (Å²) < 4.78 is 2.07. The Balaban J connectivity index is 1.71. The Morgan fingerprint density at radius 3 is 2.81 bits per heavy atom. The largest absolute Gasteiger partial charge is 0.465 e. The second kappa shape index (κ2) is 3.23. The van der Waals surface area contributed by atoms with Crippen LogP contribution in [0.2, 0.25) is 0 Å². The summed E-state index contributed by atoms with van der Waals surface area (Å²) in [5.41, 5.74) is 1.57. The Hall–Kier alpha value is -1.52. The van der Waals surface area contributed by atoms with Crippen LogP contribution < -0.4 is 0 Å². The summed E-state index contributed by atoms with van der Waals surface area (Å²) in [6.07, 6.45) is 4.03. The van der Waals surface area contributed by atoms with Crippen molar-refractivity contribution >= 4 is 6.09 Å². The average Bonchev–Trinajstić information content (AvgIpc) is 2.77. The van der Waals surface area contributed by atoms with E-state index in [0.717, 1.165) is 25.8 Å². The molecule has 0 aromatic carbocycles. The monoisotopic (exact) mass is 221 g/mol. The molecule has 1 aromatic rings. The van der Waals surface area contributed by atoms with E-state index in [9.17, 15) is 4.79 Å². The second-order valence-electron chi connectivity index (χ2n) is 4.93. The number of piperidine rings is 1. The van der Waals surface area contributed by atoms with Gasteiger partial charge in [0.15, 0.2) is 0 Å². The molecule has 2 aliphatic rings. The SMILES string of the molecule is O=C(O)N1CCC2(CC1)Cc1ccnn1C2. The van der Waals surface area contributed by atoms with E-state index < -0.39 is 6.09 Å². The molecule has 1 aromatic heterocycles. The van der Waals surface area contributed by atoms with Gasteiger partial charge in [0.1, 0.15) is 0 Å². The van der Waals surface area contributed by atoms with Gasteiger partial charge in [-0.15, -0.1) is 0 Å². The van der Waals surface area contributed by atoms with Crippen LogP contribution >= 0.6 is 0 Å². The summed E-state index contributed by atoms with van der Waals surface area (Å²) in [4.78, 5) is 12.4. The molecule has 1 fully saturated rings. The number of fused-ring (bicyclic) bond motifs is 1. The quantitative estimate of drug-likeness (QED) is 0.716. The zero-order chi connectivity index (χ0) is 11.2. The molecular weight excluding hydrogens is 206 g/mol. The van der Waals surface area contributed by atoms with Crippen LogP contribution in [0.25, 0.3) is 0 Å². The number of aromatic nitrogens is 2. The lowest BCUT2D eigenvalue weighted by molar-refractivity contribution is 0.0878. The van der Waals surface area contributed by atoms with Crippen LogP contribution in [0.15, 0.2) is 12.3 Å². The average molecular weight is 221 g/mol. The minimum Gasteiger partial charge on any atom is -0.465 e. The molecule has 0 radical (unpaired) electrons. The van der Waals surface area contributed by atoms with Crippen molar-refractivity contribution in [3.05, 3.63) is 18.0 Å². The molecule has 3 heterocycles. The molecule has 5 nitrogen and oxygen atoms in total. The maximum Gasteiger partial charge on any atom is 0.407 e. The highest BCUT2D eigenvalue weighted by Crippen LogP contribution is 2.40. The van der Waals surface area contributed by atoms with Crippen LogP contribution in [0.5, 0.6) is 0 Å². The molecule has 16 heavy (non-hydrogen) atoms. The van der Waals surface area contributed by atoms with Crippen molar-refractivity contribution in [2.75, 3.05) is 13.1 Å². The van der Waals surface area contributed by atoms with Crippen molar-refractivity contribution < 1.29 is 9.90 Å². The minimum absolute atomic E-state index is 0.273. The molecular formula is C11H15N3O2. The first-order chi connectivity index (χ1) is 7.69. The Bertz CT molecular complexity index is 396. The van der Waals surface area contributed by atoms with Crippen LogP contribution in [-0.4, -0.2) is 39.0 Å². The first kappa shape index (κ1) is 9.69. The molecule has 1 saturated heterocycles. The molecule has 1 spiro atoms. The van der Waals surface area contributed by atoms with Gasteiger partial charge < -0.3 is 10.0 Å². The van der Waals surface area contributed by atoms with E-state index in [2.05, 4.69) is 15.8 Å². The van der Waals surface area contributed by atoms with Crippen LogP contribution in [-0.2, 0) is 13.0 Å². The van der Waals surface area contributed by atoms with Gasteiger partial charge in [0.2, 0.25) is 0 Å². The number of carboxylic acid groups (broad SMARTS) is 1. The summed E-state index contributed by atoms with van der Waals surface area (Å²) in [6, 6.07) is 2.07. The summed E-state index contributed by atoms with van der Waals surface area (Å²) in [5.74, 6) is 0. The third kappa shape index (κ3) is 1.38. The second-order valence-corrected chi connectivity index (χ2v) is 4.93. The maximum atomic E-state index is 10.8. The molecule has 0 aliphatic carbocycles. The molecule has 2 aliphatic heterocycles. The Morgan fingerprint density at radius 1 is 1.44 bits per heavy atom. The van der Waals surface area contributed by atoms with E-state index in [4.69, 9.17) is 5.11 Å². The van der Waals surface area contributed by atoms with E-state index in [1.807, 2.05) is 6.20 Å². The first-order valence-electron chi connectivity index (χ1n) is 5.67. The van der Waals surface area contributed by atoms with E-state index in [1.165, 1.54) is 10.6 Å². The van der Waals surface area contributed by atoms with E-state index in [1.54, 1.807) is 0 Å². The maximum absolute atomic E-state index is 10.8. The topological polar surface area (TPSA) is 58.4 Å². The van der Waals surface area contributed by atoms with E-state index >= 15 is 0 Å². The third-order valence-electron chi connectivity index (χ3n) is 3.94. The van der Waals surface area contributed by atoms with Gasteiger partial charge in [0.05, 0.1) is 0 Å². The van der Waals surface area contributed by atoms with Gasteiger partial charge in [0, 0.05) is 31.5 Å². The number of amides is 1. The van der Waals surface area contributed by atoms with Gasteiger partial charge in [-0.2, -0.15) is 5.10 Å². The Labute approximate surface area is 93.7 Å². The van der Waals surface area contributed by atoms with Crippen molar-refractivity contribution in [2.45, 2.75) is 25.8 Å². The van der Waals surface area contributed by atoms with Crippen LogP contribution in [0, 0.1) is 5.41 Å². The summed E-state index contributed by atoms with van der Waals surface area (Å²) in [6.45, 7) is 2.29. The van der Waals surface area contributed by atoms with Crippen LogP contribution in [0.4, 0.5) is 4.79 Å². The van der Waals surface area contributed by atoms with Gasteiger partial charge in [0.25, 0.3) is 0 Å². The van der Waals surface area contributed by atoms with Gasteiger partial charge in [-0.1, -0.05) is 0 Å². The molecule has 1 N–H and O–H groups in total. The lowest BCUT2D eigenvalue weighted by atomic mass is 9.77. The number of nitrogens with zero attached hydrogens (tertiary/aromatic N) is 3. The fraction of sp³-hybridized carbons (Fsp3) is 0.636. The third-order valence-corrected chi connectivity index (χ3v) is 3.94. The fourth-order valence-electron chi connectivity index (χ4n) is 2.92. The molecule has 1 amide bonds. The molecule has 0 atom stereocenters. The summed E-state index contributed by atoms with van der Waals surface area (Å²) in [5, 5.41) is 13.2. The van der Waals surface area contributed by atoms with Crippen molar-refractivity contribution in [3.63, 3.8) is 0 Å². The van der Waals surface area contributed by atoms with Crippen molar-refractivity contribution in [3.8, 4) is 0 Å². The molecule has 3 rings (SSSR count). The zero-order valence-corrected chi connectivity index (χ0v) is 9.09. The molecule has 0 unspecified atom stereocenters. The Morgan fingerprint density at radius 2 is 2.19 bits per heavy atom. The van der Waals surface area contributed by atoms with Gasteiger partial charge in [-0.3, -0.25) is 4.68 Å². The molecule has 0 bridgehead atoms. The number of rotatable bonds is 0. The number of hydrogen-bond acceptors (Lipinski definition) is 2. The highest BCUT2D eigenvalue weighted by atomic mass is 16.4.